The van der Waals surface area contributed by atoms with Gasteiger partial charge in [0.05, 0.1) is 11.3 Å². The fraction of sp³-hybridized carbons (Fsp3) is 0.556. The highest BCUT2D eigenvalue weighted by molar-refractivity contribution is 5.99. The molecule has 4 heterocycles. The van der Waals surface area contributed by atoms with E-state index in [2.05, 4.69) is 25.6 Å². The zero-order chi connectivity index (χ0) is 19.8. The van der Waals surface area contributed by atoms with E-state index in [0.717, 1.165) is 18.5 Å². The number of rotatable bonds is 4. The highest BCUT2D eigenvalue weighted by atomic mass is 19.3. The number of nitrogens with zero attached hydrogens (tertiary/aromatic N) is 5. The summed E-state index contributed by atoms with van der Waals surface area (Å²) in [5, 5.41) is 15.7. The molecule has 3 aliphatic rings. The number of hydrogen-bond donors (Lipinski definition) is 2. The van der Waals surface area contributed by atoms with Gasteiger partial charge in [0.25, 0.3) is 12.3 Å². The lowest BCUT2D eigenvalue weighted by molar-refractivity contribution is 0.0667. The number of aliphatic imine (C=N–C) groups is 1. The number of allylic oxidation sites excluding steroid dienone is 1. The van der Waals surface area contributed by atoms with Crippen molar-refractivity contribution in [3.8, 4) is 0 Å². The third-order valence-corrected chi connectivity index (χ3v) is 5.27. The number of hydrazone groups is 1. The smallest absolute Gasteiger partial charge is 0.280 e. The van der Waals surface area contributed by atoms with Gasteiger partial charge in [-0.25, -0.2) is 18.8 Å². The highest BCUT2D eigenvalue weighted by Crippen LogP contribution is 2.32. The van der Waals surface area contributed by atoms with Gasteiger partial charge in [0.2, 0.25) is 6.29 Å². The number of alkyl halides is 2. The summed E-state index contributed by atoms with van der Waals surface area (Å²) in [7, 11) is 0. The molecule has 10 heteroatoms. The number of amides is 1. The predicted octanol–water partition coefficient (Wildman–Crippen LogP) is 2.12. The van der Waals surface area contributed by atoms with Crippen molar-refractivity contribution in [1.29, 1.82) is 0 Å². The van der Waals surface area contributed by atoms with Crippen LogP contribution in [0.2, 0.25) is 0 Å². The first-order valence-corrected chi connectivity index (χ1v) is 9.43. The van der Waals surface area contributed by atoms with Crippen LogP contribution in [0.15, 0.2) is 28.1 Å². The maximum atomic E-state index is 13.3. The SMILES string of the molecule is CC(C)c1n[nH]cc1C(=O)N1CCCC(C2=CC(C(F)F)=NC3NC=NN23)C1. The van der Waals surface area contributed by atoms with Gasteiger partial charge < -0.3 is 10.2 Å². The number of carbonyl (C=O) groups excluding carboxylic acids is 1. The third kappa shape index (κ3) is 3.27. The van der Waals surface area contributed by atoms with Crippen molar-refractivity contribution in [2.24, 2.45) is 16.0 Å². The molecule has 2 atom stereocenters. The molecule has 3 aliphatic heterocycles. The van der Waals surface area contributed by atoms with Crippen LogP contribution in [-0.4, -0.2) is 63.9 Å². The number of piperidine rings is 1. The van der Waals surface area contributed by atoms with E-state index >= 15 is 0 Å². The van der Waals surface area contributed by atoms with Crippen LogP contribution in [0.1, 0.15) is 48.7 Å². The Morgan fingerprint density at radius 2 is 2.18 bits per heavy atom. The Balaban J connectivity index is 1.56. The number of fused-ring (bicyclic) bond motifs is 1. The molecule has 1 aromatic rings. The van der Waals surface area contributed by atoms with E-state index in [4.69, 9.17) is 0 Å². The molecular formula is C18H23F2N7O. The summed E-state index contributed by atoms with van der Waals surface area (Å²) in [4.78, 5) is 18.8. The van der Waals surface area contributed by atoms with Gasteiger partial charge in [-0.1, -0.05) is 13.8 Å². The van der Waals surface area contributed by atoms with Crippen molar-refractivity contribution in [2.45, 2.75) is 45.3 Å². The van der Waals surface area contributed by atoms with Crippen LogP contribution in [0.4, 0.5) is 8.78 Å². The van der Waals surface area contributed by atoms with Gasteiger partial charge in [-0.3, -0.25) is 9.89 Å². The Kier molecular flexibility index (Phi) is 4.86. The molecule has 4 rings (SSSR count). The monoisotopic (exact) mass is 391 g/mol. The summed E-state index contributed by atoms with van der Waals surface area (Å²) >= 11 is 0. The third-order valence-electron chi connectivity index (χ3n) is 5.27. The number of likely N-dealkylation sites (tertiary alicyclic amines) is 1. The van der Waals surface area contributed by atoms with Gasteiger partial charge >= 0.3 is 0 Å². The number of nitrogens with one attached hydrogen (secondary N) is 2. The normalized spacial score (nSPS) is 24.4. The van der Waals surface area contributed by atoms with Crippen LogP contribution in [0.25, 0.3) is 0 Å². The lowest BCUT2D eigenvalue weighted by Crippen LogP contribution is -2.46. The summed E-state index contributed by atoms with van der Waals surface area (Å²) in [6.45, 7) is 5.06. The Hall–Kier alpha value is -2.78. The summed E-state index contributed by atoms with van der Waals surface area (Å²) in [6.07, 6.45) is 2.81. The van der Waals surface area contributed by atoms with Crippen LogP contribution in [-0.2, 0) is 0 Å². The van der Waals surface area contributed by atoms with E-state index in [0.29, 0.717) is 24.4 Å². The summed E-state index contributed by atoms with van der Waals surface area (Å²) in [6, 6.07) is 0. The Morgan fingerprint density at radius 3 is 2.93 bits per heavy atom. The van der Waals surface area contributed by atoms with Crippen molar-refractivity contribution in [1.82, 2.24) is 25.4 Å². The van der Waals surface area contributed by atoms with Crippen molar-refractivity contribution < 1.29 is 13.6 Å². The molecule has 2 unspecified atom stereocenters. The van der Waals surface area contributed by atoms with E-state index in [1.54, 1.807) is 16.1 Å². The Morgan fingerprint density at radius 1 is 1.36 bits per heavy atom. The molecule has 0 aromatic carbocycles. The van der Waals surface area contributed by atoms with E-state index in [9.17, 15) is 13.6 Å². The molecule has 0 aliphatic carbocycles. The lowest BCUT2D eigenvalue weighted by atomic mass is 9.92. The number of carbonyl (C=O) groups is 1. The number of halogens is 2. The molecular weight excluding hydrogens is 368 g/mol. The molecule has 0 spiro atoms. The highest BCUT2D eigenvalue weighted by Gasteiger charge is 2.37. The van der Waals surface area contributed by atoms with Crippen LogP contribution in [0.5, 0.6) is 0 Å². The topological polar surface area (TPSA) is 89.0 Å². The van der Waals surface area contributed by atoms with Crippen molar-refractivity contribution >= 4 is 18.0 Å². The zero-order valence-corrected chi connectivity index (χ0v) is 15.8. The predicted molar refractivity (Wildman–Crippen MR) is 100 cm³/mol. The molecule has 1 aromatic heterocycles. The molecule has 1 saturated heterocycles. The number of aromatic amines is 1. The summed E-state index contributed by atoms with van der Waals surface area (Å²) < 4.78 is 26.6. The van der Waals surface area contributed by atoms with Gasteiger partial charge in [0.1, 0.15) is 12.1 Å². The minimum atomic E-state index is -2.65. The van der Waals surface area contributed by atoms with Crippen molar-refractivity contribution in [3.63, 3.8) is 0 Å². The molecule has 0 saturated carbocycles. The average molecular weight is 391 g/mol. The molecule has 28 heavy (non-hydrogen) atoms. The van der Waals surface area contributed by atoms with Crippen LogP contribution >= 0.6 is 0 Å². The quantitative estimate of drug-likeness (QED) is 0.823. The lowest BCUT2D eigenvalue weighted by Gasteiger charge is -2.38. The van der Waals surface area contributed by atoms with Crippen molar-refractivity contribution in [2.75, 3.05) is 13.1 Å². The minimum absolute atomic E-state index is 0.0825. The number of H-pyrrole nitrogens is 1. The van der Waals surface area contributed by atoms with E-state index in [1.807, 2.05) is 13.8 Å². The molecule has 2 N–H and O–H groups in total. The van der Waals surface area contributed by atoms with E-state index in [1.165, 1.54) is 12.4 Å². The van der Waals surface area contributed by atoms with Crippen LogP contribution in [0, 0.1) is 5.92 Å². The van der Waals surface area contributed by atoms with E-state index < -0.39 is 12.7 Å². The van der Waals surface area contributed by atoms with E-state index in [-0.39, 0.29) is 23.5 Å². The van der Waals surface area contributed by atoms with Gasteiger partial charge in [0, 0.05) is 30.9 Å². The summed E-state index contributed by atoms with van der Waals surface area (Å²) in [5.74, 6) is -0.0424. The molecule has 1 fully saturated rings. The number of hydrogen-bond acceptors (Lipinski definition) is 6. The van der Waals surface area contributed by atoms with Crippen LogP contribution < -0.4 is 5.32 Å². The first-order valence-electron chi connectivity index (χ1n) is 9.43. The second kappa shape index (κ2) is 7.33. The fourth-order valence-electron chi connectivity index (χ4n) is 3.90. The molecule has 1 amide bonds. The second-order valence-electron chi connectivity index (χ2n) is 7.48. The Bertz CT molecular complexity index is 845. The maximum absolute atomic E-state index is 13.3. The molecule has 150 valence electrons. The first-order chi connectivity index (χ1) is 13.5. The second-order valence-corrected chi connectivity index (χ2v) is 7.48. The van der Waals surface area contributed by atoms with Gasteiger partial charge in [0.15, 0.2) is 0 Å². The molecule has 8 nitrogen and oxygen atoms in total. The fourth-order valence-corrected chi connectivity index (χ4v) is 3.90. The van der Waals surface area contributed by atoms with Gasteiger partial charge in [-0.2, -0.15) is 10.2 Å². The first kappa shape index (κ1) is 18.6. The van der Waals surface area contributed by atoms with Gasteiger partial charge in [-0.05, 0) is 24.8 Å². The number of aromatic nitrogens is 2. The largest absolute Gasteiger partial charge is 0.338 e. The zero-order valence-electron chi connectivity index (χ0n) is 15.8. The summed E-state index contributed by atoms with van der Waals surface area (Å²) in [5.41, 5.74) is 1.73. The molecule has 0 bridgehead atoms. The van der Waals surface area contributed by atoms with Gasteiger partial charge in [-0.15, -0.1) is 0 Å². The minimum Gasteiger partial charge on any atom is -0.338 e. The standard InChI is InChI=1S/C18H23F2N7O/c1-10(2)15-12(7-22-25-15)17(28)26-5-3-4-11(8-26)14-6-13(16(19)20)24-18-21-9-23-27(14)18/h6-7,9-11,16,18H,3-5,8H2,1-2H3,(H,21,23)(H,22,25). The molecule has 0 radical (unpaired) electrons. The Labute approximate surface area is 161 Å². The van der Waals surface area contributed by atoms with Crippen LogP contribution in [0.3, 0.4) is 0 Å². The maximum Gasteiger partial charge on any atom is 0.280 e. The average Bonchev–Trinajstić information content (AvgIpc) is 3.35. The van der Waals surface area contributed by atoms with Crippen molar-refractivity contribution in [3.05, 3.63) is 29.2 Å².